The quantitative estimate of drug-likeness (QED) is 0.635. The van der Waals surface area contributed by atoms with Gasteiger partial charge in [0.05, 0.1) is 24.2 Å². The van der Waals surface area contributed by atoms with Crippen LogP contribution in [0.5, 0.6) is 0 Å². The van der Waals surface area contributed by atoms with Crippen molar-refractivity contribution < 1.29 is 18.1 Å². The Morgan fingerprint density at radius 3 is 2.42 bits per heavy atom. The molecule has 0 bridgehead atoms. The fourth-order valence-electron chi connectivity index (χ4n) is 2.65. The van der Waals surface area contributed by atoms with Crippen LogP contribution < -0.4 is 9.62 Å². The average molecular weight is 376 g/mol. The molecule has 0 unspecified atom stereocenters. The van der Waals surface area contributed by atoms with E-state index in [-0.39, 0.29) is 10.6 Å². The van der Waals surface area contributed by atoms with Crippen LogP contribution in [0.25, 0.3) is 0 Å². The summed E-state index contributed by atoms with van der Waals surface area (Å²) in [5.74, 6) is 0. The fourth-order valence-corrected chi connectivity index (χ4v) is 3.69. The van der Waals surface area contributed by atoms with Gasteiger partial charge in [0.25, 0.3) is 15.7 Å². The van der Waals surface area contributed by atoms with Crippen LogP contribution in [0, 0.1) is 23.1 Å². The lowest BCUT2D eigenvalue weighted by Crippen LogP contribution is -2.36. The molecule has 1 aliphatic heterocycles. The Morgan fingerprint density at radius 1 is 1.15 bits per heavy atom. The molecule has 0 aromatic heterocycles. The van der Waals surface area contributed by atoms with Crippen LogP contribution in [0.1, 0.15) is 5.56 Å². The maximum atomic E-state index is 12.5. The van der Waals surface area contributed by atoms with Crippen LogP contribution in [0.15, 0.2) is 41.3 Å². The zero-order valence-electron chi connectivity index (χ0n) is 14.1. The van der Waals surface area contributed by atoms with Gasteiger partial charge in [-0.3, -0.25) is 14.8 Å². The van der Waals surface area contributed by atoms with Gasteiger partial charge in [0.15, 0.2) is 0 Å². The first-order valence-electron chi connectivity index (χ1n) is 8.00. The minimum Gasteiger partial charge on any atom is -0.378 e. The van der Waals surface area contributed by atoms with Crippen molar-refractivity contribution in [1.82, 2.24) is 0 Å². The molecule has 0 saturated carbocycles. The minimum atomic E-state index is -3.97. The Hall–Kier alpha value is -2.65. The molecule has 0 atom stereocenters. The van der Waals surface area contributed by atoms with E-state index >= 15 is 0 Å². The molecule has 1 fully saturated rings. The number of morpholine rings is 1. The Kier molecular flexibility index (Phi) is 5.10. The van der Waals surface area contributed by atoms with Gasteiger partial charge in [0, 0.05) is 30.0 Å². The largest absolute Gasteiger partial charge is 0.378 e. The number of hydrogen-bond acceptors (Lipinski definition) is 6. The van der Waals surface area contributed by atoms with Gasteiger partial charge in [-0.1, -0.05) is 6.07 Å². The molecule has 137 valence electrons. The van der Waals surface area contributed by atoms with Gasteiger partial charge in [-0.15, -0.1) is 0 Å². The summed E-state index contributed by atoms with van der Waals surface area (Å²) in [4.78, 5) is 12.2. The van der Waals surface area contributed by atoms with E-state index < -0.39 is 14.9 Å². The first kappa shape index (κ1) is 18.2. The van der Waals surface area contributed by atoms with Gasteiger partial charge < -0.3 is 9.64 Å². The normalized spacial score (nSPS) is 14.9. The predicted molar refractivity (Wildman–Crippen MR) is 97.0 cm³/mol. The van der Waals surface area contributed by atoms with Crippen LogP contribution in [0.4, 0.5) is 17.1 Å². The third-order valence-corrected chi connectivity index (χ3v) is 5.39. The number of nitro groups is 1. The first-order chi connectivity index (χ1) is 12.4. The van der Waals surface area contributed by atoms with E-state index in [1.807, 2.05) is 12.1 Å². The van der Waals surface area contributed by atoms with Crippen molar-refractivity contribution in [2.24, 2.45) is 0 Å². The van der Waals surface area contributed by atoms with E-state index in [0.717, 1.165) is 18.8 Å². The highest BCUT2D eigenvalue weighted by molar-refractivity contribution is 7.92. The van der Waals surface area contributed by atoms with Crippen LogP contribution in [0.2, 0.25) is 0 Å². The summed E-state index contributed by atoms with van der Waals surface area (Å²) in [7, 11) is -3.97. The maximum absolute atomic E-state index is 12.5. The van der Waals surface area contributed by atoms with Crippen LogP contribution in [-0.4, -0.2) is 39.6 Å². The summed E-state index contributed by atoms with van der Waals surface area (Å²) in [5, 5.41) is 11.0. The van der Waals surface area contributed by atoms with Crippen molar-refractivity contribution in [3.8, 4) is 0 Å². The standard InChI is InChI=1S/C17H18N3O5S/c1-13-2-7-16(12-17(13)20(21)22)26(23,24)18-14-3-5-15(6-4-14)19-8-10-25-11-9-19/h2-7,18H,8-11H2,1H3. The summed E-state index contributed by atoms with van der Waals surface area (Å²) in [6.07, 6.45) is 0. The van der Waals surface area contributed by atoms with Crippen molar-refractivity contribution in [3.63, 3.8) is 0 Å². The SMILES string of the molecule is Cc1ccc(S(=O)(=O)Nc2ccc(N3CCOCC3)cc2)[c]c1[N+](=O)[O-]. The number of nitrogens with zero attached hydrogens (tertiary/aromatic N) is 2. The van der Waals surface area contributed by atoms with Crippen molar-refractivity contribution >= 4 is 27.1 Å². The van der Waals surface area contributed by atoms with Crippen LogP contribution in [0.3, 0.4) is 0 Å². The van der Waals surface area contributed by atoms with E-state index in [4.69, 9.17) is 4.74 Å². The summed E-state index contributed by atoms with van der Waals surface area (Å²) in [6, 6.07) is 12.0. The molecule has 0 aliphatic carbocycles. The number of sulfonamides is 1. The van der Waals surface area contributed by atoms with Gasteiger partial charge in [-0.2, -0.15) is 0 Å². The molecule has 1 heterocycles. The molecule has 26 heavy (non-hydrogen) atoms. The molecule has 9 heteroatoms. The number of nitro benzene ring substituents is 1. The number of anilines is 2. The Morgan fingerprint density at radius 2 is 1.81 bits per heavy atom. The van der Waals surface area contributed by atoms with Gasteiger partial charge in [0.1, 0.15) is 4.90 Å². The van der Waals surface area contributed by atoms with E-state index in [1.165, 1.54) is 19.1 Å². The van der Waals surface area contributed by atoms with Crippen molar-refractivity contribution in [2.75, 3.05) is 35.9 Å². The highest BCUT2D eigenvalue weighted by Crippen LogP contribution is 2.24. The van der Waals surface area contributed by atoms with Crippen LogP contribution >= 0.6 is 0 Å². The third kappa shape index (κ3) is 3.94. The van der Waals surface area contributed by atoms with Gasteiger partial charge >= 0.3 is 0 Å². The molecule has 3 rings (SSSR count). The van der Waals surface area contributed by atoms with Crippen molar-refractivity contribution in [1.29, 1.82) is 0 Å². The molecular formula is C17H18N3O5S. The first-order valence-corrected chi connectivity index (χ1v) is 9.48. The van der Waals surface area contributed by atoms with E-state index in [0.29, 0.717) is 24.5 Å². The number of rotatable bonds is 5. The van der Waals surface area contributed by atoms with Gasteiger partial charge in [-0.05, 0) is 37.3 Å². The van der Waals surface area contributed by atoms with E-state index in [2.05, 4.69) is 15.7 Å². The number of nitrogens with one attached hydrogen (secondary N) is 1. The van der Waals surface area contributed by atoms with Crippen molar-refractivity contribution in [3.05, 3.63) is 58.1 Å². The lowest BCUT2D eigenvalue weighted by atomic mass is 10.2. The predicted octanol–water partition coefficient (Wildman–Crippen LogP) is 2.34. The lowest BCUT2D eigenvalue weighted by Gasteiger charge is -2.28. The summed E-state index contributed by atoms with van der Waals surface area (Å²) >= 11 is 0. The second kappa shape index (κ2) is 7.30. The summed E-state index contributed by atoms with van der Waals surface area (Å²) < 4.78 is 32.7. The van der Waals surface area contributed by atoms with Crippen molar-refractivity contribution in [2.45, 2.75) is 11.8 Å². The van der Waals surface area contributed by atoms with Gasteiger partial charge in [0.2, 0.25) is 0 Å². The van der Waals surface area contributed by atoms with E-state index in [1.54, 1.807) is 12.1 Å². The zero-order chi connectivity index (χ0) is 18.7. The smallest absolute Gasteiger partial charge is 0.281 e. The zero-order valence-corrected chi connectivity index (χ0v) is 15.0. The number of benzene rings is 2. The lowest BCUT2D eigenvalue weighted by molar-refractivity contribution is -0.385. The Balaban J connectivity index is 1.79. The maximum Gasteiger partial charge on any atom is 0.281 e. The molecule has 0 amide bonds. The van der Waals surface area contributed by atoms with Gasteiger partial charge in [-0.25, -0.2) is 8.42 Å². The number of hydrogen-bond donors (Lipinski definition) is 1. The molecule has 1 N–H and O–H groups in total. The molecule has 1 radical (unpaired) electrons. The second-order valence-electron chi connectivity index (χ2n) is 5.86. The van der Waals surface area contributed by atoms with Crippen LogP contribution in [-0.2, 0) is 14.8 Å². The number of aryl methyl sites for hydroxylation is 1. The molecule has 0 spiro atoms. The fraction of sp³-hybridized carbons (Fsp3) is 0.294. The Bertz CT molecular complexity index is 906. The summed E-state index contributed by atoms with van der Waals surface area (Å²) in [5.41, 5.74) is 1.35. The highest BCUT2D eigenvalue weighted by atomic mass is 32.2. The molecule has 2 aromatic rings. The molecular weight excluding hydrogens is 358 g/mol. The Labute approximate surface area is 151 Å². The third-order valence-electron chi connectivity index (χ3n) is 4.07. The second-order valence-corrected chi connectivity index (χ2v) is 7.51. The molecule has 8 nitrogen and oxygen atoms in total. The molecule has 2 aromatic carbocycles. The molecule has 1 saturated heterocycles. The number of ether oxygens (including phenoxy) is 1. The molecule has 1 aliphatic rings. The highest BCUT2D eigenvalue weighted by Gasteiger charge is 2.21. The minimum absolute atomic E-state index is 0.271. The van der Waals surface area contributed by atoms with E-state index in [9.17, 15) is 18.5 Å². The monoisotopic (exact) mass is 376 g/mol. The summed E-state index contributed by atoms with van der Waals surface area (Å²) in [6.45, 7) is 4.43. The average Bonchev–Trinajstić information content (AvgIpc) is 2.62. The topological polar surface area (TPSA) is 102 Å².